The maximum absolute atomic E-state index is 6.02. The fraction of sp³-hybridized carbons (Fsp3) is 1.00. The van der Waals surface area contributed by atoms with Crippen LogP contribution in [0, 0.1) is 0 Å². The van der Waals surface area contributed by atoms with E-state index >= 15 is 0 Å². The molecule has 2 spiro atoms. The lowest BCUT2D eigenvalue weighted by Gasteiger charge is -2.49. The Morgan fingerprint density at radius 1 is 1.00 bits per heavy atom. The lowest BCUT2D eigenvalue weighted by Crippen LogP contribution is -2.64. The van der Waals surface area contributed by atoms with Gasteiger partial charge < -0.3 is 4.74 Å². The molecule has 2 aliphatic heterocycles. The van der Waals surface area contributed by atoms with E-state index in [2.05, 4.69) is 5.32 Å². The number of hydrogen-bond acceptors (Lipinski definition) is 3. The Bertz CT molecular complexity index is 226. The van der Waals surface area contributed by atoms with Crippen molar-refractivity contribution < 1.29 is 4.74 Å². The van der Waals surface area contributed by atoms with Gasteiger partial charge in [0.1, 0.15) is 5.72 Å². The van der Waals surface area contributed by atoms with Crippen LogP contribution in [0.5, 0.6) is 0 Å². The van der Waals surface area contributed by atoms with Crippen molar-refractivity contribution in [1.29, 1.82) is 0 Å². The van der Waals surface area contributed by atoms with Crippen molar-refractivity contribution in [3.05, 3.63) is 0 Å². The zero-order chi connectivity index (χ0) is 10.2. The average molecular weight is 227 g/mol. The summed E-state index contributed by atoms with van der Waals surface area (Å²) in [5.74, 6) is 2.43. The van der Waals surface area contributed by atoms with Crippen molar-refractivity contribution in [1.82, 2.24) is 5.32 Å². The van der Waals surface area contributed by atoms with Gasteiger partial charge in [0.15, 0.2) is 0 Å². The minimum absolute atomic E-state index is 0.0558. The van der Waals surface area contributed by atoms with Gasteiger partial charge in [-0.2, -0.15) is 11.8 Å². The summed E-state index contributed by atoms with van der Waals surface area (Å²) in [7, 11) is 0. The first-order valence-electron chi connectivity index (χ1n) is 6.34. The third-order valence-corrected chi connectivity index (χ3v) is 5.41. The minimum Gasteiger partial charge on any atom is -0.360 e. The molecule has 86 valence electrons. The third-order valence-electron chi connectivity index (χ3n) is 4.25. The second kappa shape index (κ2) is 3.94. The maximum atomic E-state index is 6.02. The highest BCUT2D eigenvalue weighted by atomic mass is 32.2. The van der Waals surface area contributed by atoms with E-state index in [9.17, 15) is 0 Å². The highest BCUT2D eigenvalue weighted by Crippen LogP contribution is 2.40. The summed E-state index contributed by atoms with van der Waals surface area (Å²) in [6.45, 7) is 0.980. The normalized spacial score (nSPS) is 40.0. The molecular formula is C12H21NOS. The number of ether oxygens (including phenoxy) is 1. The molecule has 3 rings (SSSR count). The van der Waals surface area contributed by atoms with Crippen molar-refractivity contribution >= 4 is 11.8 Å². The monoisotopic (exact) mass is 227 g/mol. The molecule has 2 heterocycles. The number of thioether (sulfide) groups is 1. The van der Waals surface area contributed by atoms with E-state index in [1.54, 1.807) is 0 Å². The first kappa shape index (κ1) is 10.4. The predicted molar refractivity (Wildman–Crippen MR) is 64.2 cm³/mol. The second-order valence-corrected chi connectivity index (χ2v) is 6.47. The lowest BCUT2D eigenvalue weighted by molar-refractivity contribution is -0.123. The van der Waals surface area contributed by atoms with Crippen LogP contribution in [0.25, 0.3) is 0 Å². The van der Waals surface area contributed by atoms with E-state index in [1.807, 2.05) is 11.8 Å². The van der Waals surface area contributed by atoms with E-state index in [0.717, 1.165) is 12.4 Å². The smallest absolute Gasteiger partial charge is 0.129 e. The summed E-state index contributed by atoms with van der Waals surface area (Å²) in [4.78, 5) is 0. The summed E-state index contributed by atoms with van der Waals surface area (Å²) in [6, 6.07) is 0. The summed E-state index contributed by atoms with van der Waals surface area (Å²) in [6.07, 6.45) is 9.46. The highest BCUT2D eigenvalue weighted by Gasteiger charge is 2.46. The first-order chi connectivity index (χ1) is 7.33. The Morgan fingerprint density at radius 3 is 2.60 bits per heavy atom. The fourth-order valence-corrected chi connectivity index (χ4v) is 4.63. The number of rotatable bonds is 0. The van der Waals surface area contributed by atoms with Crippen LogP contribution in [0.4, 0.5) is 0 Å². The van der Waals surface area contributed by atoms with Gasteiger partial charge in [-0.1, -0.05) is 19.3 Å². The van der Waals surface area contributed by atoms with Gasteiger partial charge in [0.05, 0.1) is 6.61 Å². The first-order valence-corrected chi connectivity index (χ1v) is 7.49. The summed E-state index contributed by atoms with van der Waals surface area (Å²) in [5, 5.41) is 3.90. The quantitative estimate of drug-likeness (QED) is 0.687. The SMILES string of the molecule is C1CCC2(CC1)CCOC1(CCSC1)N2. The van der Waals surface area contributed by atoms with E-state index in [4.69, 9.17) is 4.74 Å². The van der Waals surface area contributed by atoms with Crippen molar-refractivity contribution in [2.45, 2.75) is 56.2 Å². The van der Waals surface area contributed by atoms with Gasteiger partial charge in [-0.3, -0.25) is 5.32 Å². The Labute approximate surface area is 96.5 Å². The largest absolute Gasteiger partial charge is 0.360 e. The van der Waals surface area contributed by atoms with Gasteiger partial charge in [0, 0.05) is 11.3 Å². The van der Waals surface area contributed by atoms with Crippen LogP contribution in [-0.2, 0) is 4.74 Å². The Balaban J connectivity index is 1.74. The van der Waals surface area contributed by atoms with Crippen LogP contribution < -0.4 is 5.32 Å². The molecule has 2 nitrogen and oxygen atoms in total. The van der Waals surface area contributed by atoms with Crippen molar-refractivity contribution in [2.24, 2.45) is 0 Å². The zero-order valence-electron chi connectivity index (χ0n) is 9.39. The van der Waals surface area contributed by atoms with Gasteiger partial charge in [-0.15, -0.1) is 0 Å². The van der Waals surface area contributed by atoms with Crippen molar-refractivity contribution in [3.8, 4) is 0 Å². The van der Waals surface area contributed by atoms with Gasteiger partial charge in [-0.05, 0) is 31.4 Å². The molecule has 15 heavy (non-hydrogen) atoms. The van der Waals surface area contributed by atoms with Crippen LogP contribution in [0.3, 0.4) is 0 Å². The number of hydrogen-bond donors (Lipinski definition) is 1. The van der Waals surface area contributed by atoms with Crippen molar-refractivity contribution in [3.63, 3.8) is 0 Å². The fourth-order valence-electron chi connectivity index (χ4n) is 3.39. The standard InChI is InChI=1S/C12H21NOS/c1-2-4-11(5-3-1)6-8-14-12(13-11)7-9-15-10-12/h13H,1-10H2. The maximum Gasteiger partial charge on any atom is 0.129 e. The van der Waals surface area contributed by atoms with E-state index in [-0.39, 0.29) is 5.72 Å². The molecule has 1 atom stereocenters. The molecule has 3 fully saturated rings. The van der Waals surface area contributed by atoms with Crippen molar-refractivity contribution in [2.75, 3.05) is 18.1 Å². The molecule has 0 aromatic carbocycles. The minimum atomic E-state index is 0.0558. The zero-order valence-corrected chi connectivity index (χ0v) is 10.2. The van der Waals surface area contributed by atoms with Gasteiger partial charge >= 0.3 is 0 Å². The molecule has 3 aliphatic rings. The summed E-state index contributed by atoms with van der Waals surface area (Å²) >= 11 is 2.04. The van der Waals surface area contributed by atoms with Gasteiger partial charge in [0.25, 0.3) is 0 Å². The van der Waals surface area contributed by atoms with Crippen LogP contribution in [0.1, 0.15) is 44.9 Å². The average Bonchev–Trinajstić information content (AvgIpc) is 2.67. The summed E-state index contributed by atoms with van der Waals surface area (Å²) in [5.41, 5.74) is 0.502. The van der Waals surface area contributed by atoms with Gasteiger partial charge in [-0.25, -0.2) is 0 Å². The molecule has 1 saturated carbocycles. The molecule has 0 bridgehead atoms. The van der Waals surface area contributed by atoms with Gasteiger partial charge in [0.2, 0.25) is 0 Å². The molecule has 0 aromatic rings. The van der Waals surface area contributed by atoms with Crippen LogP contribution in [0.2, 0.25) is 0 Å². The van der Waals surface area contributed by atoms with Crippen LogP contribution in [-0.4, -0.2) is 29.4 Å². The Morgan fingerprint density at radius 2 is 1.87 bits per heavy atom. The lowest BCUT2D eigenvalue weighted by atomic mass is 9.77. The topological polar surface area (TPSA) is 21.3 Å². The Hall–Kier alpha value is 0.270. The molecular weight excluding hydrogens is 206 g/mol. The molecule has 1 unspecified atom stereocenters. The number of nitrogens with one attached hydrogen (secondary N) is 1. The molecule has 0 aromatic heterocycles. The molecule has 3 heteroatoms. The molecule has 1 N–H and O–H groups in total. The molecule has 0 amide bonds. The highest BCUT2D eigenvalue weighted by molar-refractivity contribution is 7.99. The van der Waals surface area contributed by atoms with E-state index < -0.39 is 0 Å². The molecule has 1 aliphatic carbocycles. The molecule has 0 radical (unpaired) electrons. The third kappa shape index (κ3) is 1.94. The second-order valence-electron chi connectivity index (χ2n) is 5.36. The Kier molecular flexibility index (Phi) is 2.74. The van der Waals surface area contributed by atoms with Crippen LogP contribution >= 0.6 is 11.8 Å². The summed E-state index contributed by atoms with van der Waals surface area (Å²) < 4.78 is 6.02. The predicted octanol–water partition coefficient (Wildman–Crippen LogP) is 2.53. The molecule has 2 saturated heterocycles. The van der Waals surface area contributed by atoms with E-state index in [0.29, 0.717) is 5.54 Å². The van der Waals surface area contributed by atoms with Crippen LogP contribution in [0.15, 0.2) is 0 Å². The van der Waals surface area contributed by atoms with E-state index in [1.165, 1.54) is 50.7 Å².